The summed E-state index contributed by atoms with van der Waals surface area (Å²) in [7, 11) is 0. The zero-order chi connectivity index (χ0) is 27.4. The summed E-state index contributed by atoms with van der Waals surface area (Å²) in [6.07, 6.45) is 11.9. The first-order valence-electron chi connectivity index (χ1n) is 15.0. The highest BCUT2D eigenvalue weighted by molar-refractivity contribution is 5.98. The third-order valence-corrected chi connectivity index (χ3v) is 11.3. The molecule has 0 saturated heterocycles. The summed E-state index contributed by atoms with van der Waals surface area (Å²) in [5, 5.41) is 21.0. The molecule has 3 fully saturated rings. The molecule has 0 spiro atoms. The molecule has 0 heterocycles. The zero-order valence-corrected chi connectivity index (χ0v) is 23.3. The molecule has 0 amide bonds. The molecule has 0 radical (unpaired) electrons. The van der Waals surface area contributed by atoms with Gasteiger partial charge in [-0.25, -0.2) is 0 Å². The van der Waals surface area contributed by atoms with Crippen LogP contribution in [0.15, 0.2) is 47.1 Å². The maximum Gasteiger partial charge on any atom is 0.165 e. The van der Waals surface area contributed by atoms with Gasteiger partial charge in [-0.3, -0.25) is 9.59 Å². The maximum absolute atomic E-state index is 13.3. The summed E-state index contributed by atoms with van der Waals surface area (Å²) in [5.41, 5.74) is 4.45. The van der Waals surface area contributed by atoms with Gasteiger partial charge in [-0.2, -0.15) is 5.26 Å². The van der Waals surface area contributed by atoms with Crippen LogP contribution in [0.4, 0.5) is 0 Å². The van der Waals surface area contributed by atoms with Crippen LogP contribution in [0.2, 0.25) is 0 Å². The van der Waals surface area contributed by atoms with Gasteiger partial charge in [0.2, 0.25) is 0 Å². The molecular formula is C35H39NO3. The van der Waals surface area contributed by atoms with Gasteiger partial charge in [0.05, 0.1) is 11.6 Å². The smallest absolute Gasteiger partial charge is 0.165 e. The number of nitriles is 1. The third kappa shape index (κ3) is 4.24. The first kappa shape index (κ1) is 26.3. The van der Waals surface area contributed by atoms with E-state index in [1.165, 1.54) is 11.1 Å². The number of aliphatic hydroxyl groups is 1. The number of carbonyl (C=O) groups excluding carboxylic acids is 2. The van der Waals surface area contributed by atoms with Crippen LogP contribution in [-0.4, -0.2) is 22.3 Å². The Morgan fingerprint density at radius 3 is 2.44 bits per heavy atom. The second-order valence-electron chi connectivity index (χ2n) is 13.0. The molecule has 0 bridgehead atoms. The molecule has 1 aromatic rings. The van der Waals surface area contributed by atoms with E-state index in [0.717, 1.165) is 64.2 Å². The fourth-order valence-electron chi connectivity index (χ4n) is 9.29. The van der Waals surface area contributed by atoms with E-state index in [1.54, 1.807) is 29.8 Å². The number of allylic oxidation sites excluding steroid dienone is 4. The molecule has 202 valence electrons. The Morgan fingerprint density at radius 1 is 1.00 bits per heavy atom. The lowest BCUT2D eigenvalue weighted by Gasteiger charge is -2.55. The lowest BCUT2D eigenvalue weighted by atomic mass is 9.49. The van der Waals surface area contributed by atoms with Crippen LogP contribution >= 0.6 is 0 Å². The highest BCUT2D eigenvalue weighted by Crippen LogP contribution is 2.66. The first-order chi connectivity index (χ1) is 18.8. The number of hydrogen-bond acceptors (Lipinski definition) is 4. The van der Waals surface area contributed by atoms with Crippen LogP contribution in [0, 0.1) is 58.2 Å². The van der Waals surface area contributed by atoms with Crippen LogP contribution in [0.1, 0.15) is 100 Å². The molecule has 39 heavy (non-hydrogen) atoms. The van der Waals surface area contributed by atoms with E-state index in [1.807, 2.05) is 13.0 Å². The van der Waals surface area contributed by atoms with Crippen molar-refractivity contribution in [2.75, 3.05) is 0 Å². The number of ketones is 2. The van der Waals surface area contributed by atoms with Crippen LogP contribution in [-0.2, 0) is 4.79 Å². The quantitative estimate of drug-likeness (QED) is 0.353. The highest BCUT2D eigenvalue weighted by Gasteiger charge is 2.63. The molecule has 3 saturated carbocycles. The number of nitrogens with zero attached hydrogens (tertiary/aromatic N) is 1. The minimum atomic E-state index is -0.942. The van der Waals surface area contributed by atoms with Crippen molar-refractivity contribution >= 4 is 11.6 Å². The average molecular weight is 522 g/mol. The van der Waals surface area contributed by atoms with Crippen LogP contribution in [0.5, 0.6) is 0 Å². The minimum absolute atomic E-state index is 0.0260. The van der Waals surface area contributed by atoms with E-state index in [0.29, 0.717) is 41.2 Å². The Kier molecular flexibility index (Phi) is 6.68. The number of carbonyl (C=O) groups is 2. The van der Waals surface area contributed by atoms with Gasteiger partial charge in [0, 0.05) is 23.3 Å². The first-order valence-corrected chi connectivity index (χ1v) is 15.0. The Labute approximate surface area is 232 Å². The fourth-order valence-corrected chi connectivity index (χ4v) is 9.29. The van der Waals surface area contributed by atoms with Gasteiger partial charge in [-0.15, -0.1) is 5.92 Å². The normalized spacial score (nSPS) is 37.4. The van der Waals surface area contributed by atoms with Crippen molar-refractivity contribution in [1.82, 2.24) is 0 Å². The lowest BCUT2D eigenvalue weighted by molar-refractivity contribution is -0.114. The van der Waals surface area contributed by atoms with Crippen molar-refractivity contribution in [2.45, 2.75) is 90.1 Å². The molecule has 4 nitrogen and oxygen atoms in total. The fraction of sp³-hybridized carbons (Fsp3) is 0.571. The molecule has 4 heteroatoms. The van der Waals surface area contributed by atoms with E-state index >= 15 is 0 Å². The lowest BCUT2D eigenvalue weighted by Crippen LogP contribution is -2.52. The van der Waals surface area contributed by atoms with Gasteiger partial charge < -0.3 is 5.11 Å². The van der Waals surface area contributed by atoms with Gasteiger partial charge in [0.25, 0.3) is 0 Å². The van der Waals surface area contributed by atoms with Crippen molar-refractivity contribution in [3.05, 3.63) is 58.2 Å². The Balaban J connectivity index is 1.31. The average Bonchev–Trinajstić information content (AvgIpc) is 3.22. The topological polar surface area (TPSA) is 78.2 Å². The number of rotatable bonds is 3. The number of hydrogen-bond donors (Lipinski definition) is 1. The van der Waals surface area contributed by atoms with Crippen LogP contribution in [0.25, 0.3) is 0 Å². The van der Waals surface area contributed by atoms with Crippen molar-refractivity contribution in [1.29, 1.82) is 5.26 Å². The second kappa shape index (κ2) is 9.91. The van der Waals surface area contributed by atoms with Crippen molar-refractivity contribution in [3.8, 4) is 17.9 Å². The summed E-state index contributed by atoms with van der Waals surface area (Å²) >= 11 is 0. The predicted molar refractivity (Wildman–Crippen MR) is 150 cm³/mol. The highest BCUT2D eigenvalue weighted by atomic mass is 16.3. The Morgan fingerprint density at radius 2 is 1.74 bits per heavy atom. The zero-order valence-electron chi connectivity index (χ0n) is 23.3. The number of benzene rings is 1. The standard InChI is InChI=1S/C35H39NO3/c1-3-17-35(39)18-16-31-29-14-12-26-19-27(37)13-15-28(26)32(29)30(20-34(31,35)2)23-8-10-25(11-9-23)33(38)24-6-4-22(21-36)5-7-24/h4-7,19,23,25,29-31,39H,8-16,18,20H2,1-2H3/t23?,25?,29?,30-,31?,34+,35+/m1/s1. The second-order valence-corrected chi connectivity index (χ2v) is 13.0. The number of Topliss-reactive ketones (excluding diaryl/α,β-unsaturated/α-hetero) is 1. The molecular weight excluding hydrogens is 482 g/mol. The summed E-state index contributed by atoms with van der Waals surface area (Å²) in [5.74, 6) is 8.54. The van der Waals surface area contributed by atoms with E-state index < -0.39 is 5.60 Å². The summed E-state index contributed by atoms with van der Waals surface area (Å²) in [4.78, 5) is 25.6. The molecule has 1 aromatic carbocycles. The van der Waals surface area contributed by atoms with Gasteiger partial charge in [0.15, 0.2) is 11.6 Å². The van der Waals surface area contributed by atoms with Crippen molar-refractivity contribution in [2.24, 2.45) is 35.0 Å². The van der Waals surface area contributed by atoms with Gasteiger partial charge >= 0.3 is 0 Å². The third-order valence-electron chi connectivity index (χ3n) is 11.3. The maximum atomic E-state index is 13.3. The Bertz CT molecular complexity index is 1360. The van der Waals surface area contributed by atoms with Crippen molar-refractivity contribution < 1.29 is 14.7 Å². The Hall–Kier alpha value is -2.95. The molecule has 0 aromatic heterocycles. The molecule has 5 aliphatic carbocycles. The molecule has 5 atom stereocenters. The molecule has 0 aliphatic heterocycles. The number of fused-ring (bicyclic) bond motifs is 4. The van der Waals surface area contributed by atoms with Crippen LogP contribution < -0.4 is 0 Å². The van der Waals surface area contributed by atoms with Crippen molar-refractivity contribution in [3.63, 3.8) is 0 Å². The molecule has 5 aliphatic rings. The van der Waals surface area contributed by atoms with Gasteiger partial charge in [-0.1, -0.05) is 30.6 Å². The van der Waals surface area contributed by atoms with Gasteiger partial charge in [-0.05, 0) is 124 Å². The largest absolute Gasteiger partial charge is 0.377 e. The van der Waals surface area contributed by atoms with E-state index in [-0.39, 0.29) is 22.9 Å². The van der Waals surface area contributed by atoms with Crippen LogP contribution in [0.3, 0.4) is 0 Å². The molecule has 6 rings (SSSR count). The van der Waals surface area contributed by atoms with E-state index in [4.69, 9.17) is 5.26 Å². The van der Waals surface area contributed by atoms with E-state index in [9.17, 15) is 14.7 Å². The minimum Gasteiger partial charge on any atom is -0.377 e. The summed E-state index contributed by atoms with van der Waals surface area (Å²) < 4.78 is 0. The summed E-state index contributed by atoms with van der Waals surface area (Å²) in [6, 6.07) is 9.18. The molecule has 1 N–H and O–H groups in total. The van der Waals surface area contributed by atoms with E-state index in [2.05, 4.69) is 24.8 Å². The van der Waals surface area contributed by atoms with Gasteiger partial charge in [0.1, 0.15) is 5.60 Å². The molecule has 2 unspecified atom stereocenters. The predicted octanol–water partition coefficient (Wildman–Crippen LogP) is 6.73. The summed E-state index contributed by atoms with van der Waals surface area (Å²) in [6.45, 7) is 4.14. The monoisotopic (exact) mass is 521 g/mol. The SMILES string of the molecule is CC#C[C@]1(O)CCC2C3CCC4=CC(=O)CCC4=C3[C@@H](C3CCC(C(=O)c4ccc(C#N)cc4)CC3)C[C@@]21C.